The van der Waals surface area contributed by atoms with Gasteiger partial charge in [-0.2, -0.15) is 5.10 Å². The van der Waals surface area contributed by atoms with Crippen LogP contribution in [0.1, 0.15) is 26.0 Å². The molecule has 1 aromatic rings. The molecule has 0 fully saturated rings. The molecule has 0 aromatic carbocycles. The summed E-state index contributed by atoms with van der Waals surface area (Å²) in [7, 11) is 1.66. The second-order valence-electron chi connectivity index (χ2n) is 4.26. The Balaban J connectivity index is 2.46. The minimum atomic E-state index is -0.145. The van der Waals surface area contributed by atoms with Crippen LogP contribution in [0, 0.1) is 5.92 Å². The molecule has 1 heterocycles. The lowest BCUT2D eigenvalue weighted by atomic mass is 10.0. The highest BCUT2D eigenvalue weighted by Gasteiger charge is 2.17. The summed E-state index contributed by atoms with van der Waals surface area (Å²) in [6.45, 7) is 4.84. The molecule has 5 nitrogen and oxygen atoms in total. The predicted octanol–water partition coefficient (Wildman–Crippen LogP) is 0.660. The Hall–Kier alpha value is -1.36. The zero-order valence-corrected chi connectivity index (χ0v) is 10.1. The number of likely N-dealkylation sites (N-methyl/N-ethyl adjacent to an activating group) is 1. The van der Waals surface area contributed by atoms with Crippen LogP contribution < -0.4 is 10.6 Å². The molecular formula is C11H20N4O. The number of nitrogens with one attached hydrogen (secondary N) is 3. The first-order chi connectivity index (χ1) is 7.63. The quantitative estimate of drug-likeness (QED) is 0.665. The predicted molar refractivity (Wildman–Crippen MR) is 62.7 cm³/mol. The highest BCUT2D eigenvalue weighted by molar-refractivity contribution is 5.81. The number of carbonyl (C=O) groups excluding carboxylic acids is 1. The highest BCUT2D eigenvalue weighted by atomic mass is 16.2. The van der Waals surface area contributed by atoms with E-state index in [1.807, 2.05) is 6.07 Å². The van der Waals surface area contributed by atoms with Gasteiger partial charge < -0.3 is 10.6 Å². The highest BCUT2D eigenvalue weighted by Crippen LogP contribution is 2.05. The fourth-order valence-electron chi connectivity index (χ4n) is 1.55. The molecule has 1 unspecified atom stereocenters. The third kappa shape index (κ3) is 4.02. The first kappa shape index (κ1) is 12.7. The van der Waals surface area contributed by atoms with E-state index in [0.29, 0.717) is 12.5 Å². The van der Waals surface area contributed by atoms with E-state index in [-0.39, 0.29) is 11.9 Å². The van der Waals surface area contributed by atoms with Crippen LogP contribution in [-0.2, 0) is 11.3 Å². The summed E-state index contributed by atoms with van der Waals surface area (Å²) < 4.78 is 0. The van der Waals surface area contributed by atoms with Gasteiger partial charge in [-0.25, -0.2) is 0 Å². The molecule has 0 saturated heterocycles. The molecule has 1 rings (SSSR count). The van der Waals surface area contributed by atoms with Crippen LogP contribution in [0.2, 0.25) is 0 Å². The summed E-state index contributed by atoms with van der Waals surface area (Å²) in [5.41, 5.74) is 0.984. The number of carbonyl (C=O) groups is 1. The van der Waals surface area contributed by atoms with Crippen LogP contribution in [0.3, 0.4) is 0 Å². The number of aromatic nitrogens is 2. The molecule has 0 saturated carbocycles. The normalized spacial score (nSPS) is 12.8. The summed E-state index contributed by atoms with van der Waals surface area (Å²) in [5, 5.41) is 12.6. The van der Waals surface area contributed by atoms with Gasteiger partial charge in [0.2, 0.25) is 5.91 Å². The fourth-order valence-corrected chi connectivity index (χ4v) is 1.55. The zero-order valence-electron chi connectivity index (χ0n) is 10.1. The molecule has 16 heavy (non-hydrogen) atoms. The van der Waals surface area contributed by atoms with Crippen LogP contribution in [-0.4, -0.2) is 29.2 Å². The minimum absolute atomic E-state index is 0.0354. The van der Waals surface area contributed by atoms with Crippen molar-refractivity contribution in [3.05, 3.63) is 18.0 Å². The molecule has 1 amide bonds. The number of rotatable bonds is 6. The smallest absolute Gasteiger partial charge is 0.236 e. The van der Waals surface area contributed by atoms with E-state index >= 15 is 0 Å². The number of hydrogen-bond acceptors (Lipinski definition) is 3. The van der Waals surface area contributed by atoms with Crippen LogP contribution >= 0.6 is 0 Å². The first-order valence-electron chi connectivity index (χ1n) is 5.56. The molecular weight excluding hydrogens is 204 g/mol. The summed E-state index contributed by atoms with van der Waals surface area (Å²) >= 11 is 0. The average Bonchev–Trinajstić information content (AvgIpc) is 2.75. The zero-order chi connectivity index (χ0) is 12.0. The van der Waals surface area contributed by atoms with Crippen molar-refractivity contribution in [3.8, 4) is 0 Å². The minimum Gasteiger partial charge on any atom is -0.358 e. The van der Waals surface area contributed by atoms with E-state index in [9.17, 15) is 4.79 Å². The maximum Gasteiger partial charge on any atom is 0.236 e. The van der Waals surface area contributed by atoms with Crippen molar-refractivity contribution < 1.29 is 4.79 Å². The van der Waals surface area contributed by atoms with Crippen molar-refractivity contribution in [1.29, 1.82) is 0 Å². The van der Waals surface area contributed by atoms with Gasteiger partial charge in [-0.15, -0.1) is 0 Å². The summed E-state index contributed by atoms with van der Waals surface area (Å²) in [6.07, 6.45) is 2.53. The third-order valence-electron chi connectivity index (χ3n) is 2.37. The van der Waals surface area contributed by atoms with Gasteiger partial charge in [-0.3, -0.25) is 9.89 Å². The Morgan fingerprint density at radius 3 is 2.81 bits per heavy atom. The van der Waals surface area contributed by atoms with Gasteiger partial charge in [-0.1, -0.05) is 13.8 Å². The molecule has 0 aliphatic rings. The Kier molecular flexibility index (Phi) is 4.98. The van der Waals surface area contributed by atoms with Crippen molar-refractivity contribution in [3.63, 3.8) is 0 Å². The molecule has 5 heteroatoms. The lowest BCUT2D eigenvalue weighted by molar-refractivity contribution is -0.123. The Morgan fingerprint density at radius 1 is 1.56 bits per heavy atom. The van der Waals surface area contributed by atoms with E-state index in [1.54, 1.807) is 13.2 Å². The van der Waals surface area contributed by atoms with Gasteiger partial charge in [0.05, 0.1) is 6.04 Å². The molecule has 0 bridgehead atoms. The van der Waals surface area contributed by atoms with Gasteiger partial charge in [0.1, 0.15) is 0 Å². The number of aromatic amines is 1. The average molecular weight is 224 g/mol. The van der Waals surface area contributed by atoms with Crippen molar-refractivity contribution in [2.75, 3.05) is 7.05 Å². The molecule has 0 aliphatic carbocycles. The Bertz CT molecular complexity index is 308. The second kappa shape index (κ2) is 6.27. The van der Waals surface area contributed by atoms with Crippen LogP contribution in [0.15, 0.2) is 12.3 Å². The number of hydrogen-bond donors (Lipinski definition) is 3. The number of nitrogens with zero attached hydrogens (tertiary/aromatic N) is 1. The lowest BCUT2D eigenvalue weighted by Gasteiger charge is -2.18. The molecule has 0 radical (unpaired) electrons. The van der Waals surface area contributed by atoms with Gasteiger partial charge in [-0.05, 0) is 18.4 Å². The van der Waals surface area contributed by atoms with E-state index in [0.717, 1.165) is 12.1 Å². The molecule has 0 aliphatic heterocycles. The van der Waals surface area contributed by atoms with Gasteiger partial charge in [0, 0.05) is 25.5 Å². The molecule has 90 valence electrons. The monoisotopic (exact) mass is 224 g/mol. The molecule has 1 aromatic heterocycles. The maximum absolute atomic E-state index is 11.6. The Labute approximate surface area is 96.0 Å². The van der Waals surface area contributed by atoms with Crippen LogP contribution in [0.4, 0.5) is 0 Å². The third-order valence-corrected chi connectivity index (χ3v) is 2.37. The van der Waals surface area contributed by atoms with E-state index in [2.05, 4.69) is 34.7 Å². The standard InChI is InChI=1S/C11H20N4O/c1-8(2)6-10(11(16)12-3)13-7-9-4-5-14-15-9/h4-5,8,10,13H,6-7H2,1-3H3,(H,12,16)(H,14,15). The van der Waals surface area contributed by atoms with Gasteiger partial charge >= 0.3 is 0 Å². The van der Waals surface area contributed by atoms with E-state index in [1.165, 1.54) is 0 Å². The first-order valence-corrected chi connectivity index (χ1v) is 5.56. The summed E-state index contributed by atoms with van der Waals surface area (Å²) in [4.78, 5) is 11.6. The van der Waals surface area contributed by atoms with Crippen molar-refractivity contribution in [2.24, 2.45) is 5.92 Å². The van der Waals surface area contributed by atoms with Crippen molar-refractivity contribution >= 4 is 5.91 Å². The lowest BCUT2D eigenvalue weighted by Crippen LogP contribution is -2.43. The molecule has 1 atom stereocenters. The van der Waals surface area contributed by atoms with Crippen molar-refractivity contribution in [2.45, 2.75) is 32.9 Å². The van der Waals surface area contributed by atoms with Crippen LogP contribution in [0.5, 0.6) is 0 Å². The molecule has 0 spiro atoms. The number of H-pyrrole nitrogens is 1. The maximum atomic E-state index is 11.6. The second-order valence-corrected chi connectivity index (χ2v) is 4.26. The summed E-state index contributed by atoms with van der Waals surface area (Å²) in [5.74, 6) is 0.518. The van der Waals surface area contributed by atoms with Crippen LogP contribution in [0.25, 0.3) is 0 Å². The number of amides is 1. The topological polar surface area (TPSA) is 69.8 Å². The molecule has 3 N–H and O–H groups in total. The Morgan fingerprint density at radius 2 is 2.31 bits per heavy atom. The van der Waals surface area contributed by atoms with Gasteiger partial charge in [0.25, 0.3) is 0 Å². The largest absolute Gasteiger partial charge is 0.358 e. The van der Waals surface area contributed by atoms with E-state index in [4.69, 9.17) is 0 Å². The summed E-state index contributed by atoms with van der Waals surface area (Å²) in [6, 6.07) is 1.75. The van der Waals surface area contributed by atoms with Gasteiger partial charge in [0.15, 0.2) is 0 Å². The van der Waals surface area contributed by atoms with E-state index < -0.39 is 0 Å². The SMILES string of the molecule is CNC(=O)C(CC(C)C)NCc1ccn[nH]1. The van der Waals surface area contributed by atoms with Crippen molar-refractivity contribution in [1.82, 2.24) is 20.8 Å². The fraction of sp³-hybridized carbons (Fsp3) is 0.636.